The highest BCUT2D eigenvalue weighted by Gasteiger charge is 2.47. The molecule has 2 aliphatic rings. The van der Waals surface area contributed by atoms with Crippen LogP contribution in [0.1, 0.15) is 89.3 Å². The van der Waals surface area contributed by atoms with E-state index in [0.29, 0.717) is 29.9 Å². The minimum absolute atomic E-state index is 0.0285. The van der Waals surface area contributed by atoms with Crippen LogP contribution in [0.5, 0.6) is 0 Å². The van der Waals surface area contributed by atoms with Crippen molar-refractivity contribution in [2.75, 3.05) is 13.1 Å². The fourth-order valence-electron chi connectivity index (χ4n) is 5.60. The second-order valence-corrected chi connectivity index (χ2v) is 12.0. The standard InChI is InChI=1S/C28H40BrN3OS/c1-7-34-17-20(5)27(33)30-12-9-13-31-32-26-16-23-19(4)10-8-11-28(23,6)24-15-25(29)21(18(2)3)14-22(24)26/h7,14-15,17-19,23,31H,1,8-13,16H2,2-6H3,(H,30,33)/b20-17+,32-26+/t19-,23?,28-/m0/s1. The highest BCUT2D eigenvalue weighted by atomic mass is 79.9. The summed E-state index contributed by atoms with van der Waals surface area (Å²) in [6.07, 6.45) is 5.71. The molecular weight excluding hydrogens is 506 g/mol. The van der Waals surface area contributed by atoms with E-state index in [9.17, 15) is 4.79 Å². The molecule has 0 aliphatic heterocycles. The van der Waals surface area contributed by atoms with E-state index in [-0.39, 0.29) is 11.3 Å². The Balaban J connectivity index is 1.72. The molecule has 0 radical (unpaired) electrons. The summed E-state index contributed by atoms with van der Waals surface area (Å²) >= 11 is 5.29. The zero-order valence-electron chi connectivity index (χ0n) is 21.3. The maximum Gasteiger partial charge on any atom is 0.247 e. The fraction of sp³-hybridized carbons (Fsp3) is 0.571. The zero-order valence-corrected chi connectivity index (χ0v) is 23.7. The van der Waals surface area contributed by atoms with Crippen molar-refractivity contribution in [2.45, 2.75) is 78.1 Å². The van der Waals surface area contributed by atoms with Gasteiger partial charge in [-0.15, -0.1) is 11.8 Å². The topological polar surface area (TPSA) is 53.5 Å². The predicted molar refractivity (Wildman–Crippen MR) is 150 cm³/mol. The van der Waals surface area contributed by atoms with Crippen molar-refractivity contribution in [1.29, 1.82) is 0 Å². The van der Waals surface area contributed by atoms with Gasteiger partial charge in [0.05, 0.1) is 5.71 Å². The minimum Gasteiger partial charge on any atom is -0.352 e. The van der Waals surface area contributed by atoms with Crippen molar-refractivity contribution in [3.05, 3.63) is 56.3 Å². The quantitative estimate of drug-likeness (QED) is 0.195. The molecule has 1 amide bonds. The SMILES string of the molecule is C=CS/C=C(\C)C(=O)NCCCN/N=C1\CC2[C@@H](C)CCC[C@]2(C)c2cc(Br)c(C(C)C)cc21. The maximum absolute atomic E-state index is 12.1. The molecule has 2 N–H and O–H groups in total. The van der Waals surface area contributed by atoms with Crippen LogP contribution < -0.4 is 10.7 Å². The van der Waals surface area contributed by atoms with Crippen LogP contribution in [-0.4, -0.2) is 24.7 Å². The van der Waals surface area contributed by atoms with Gasteiger partial charge >= 0.3 is 0 Å². The number of benzene rings is 1. The summed E-state index contributed by atoms with van der Waals surface area (Å²) in [6.45, 7) is 16.2. The van der Waals surface area contributed by atoms with Gasteiger partial charge in [0.25, 0.3) is 0 Å². The maximum atomic E-state index is 12.1. The van der Waals surface area contributed by atoms with Gasteiger partial charge in [0.2, 0.25) is 5.91 Å². The Morgan fingerprint density at radius 1 is 1.38 bits per heavy atom. The lowest BCUT2D eigenvalue weighted by Crippen LogP contribution is -2.45. The molecule has 1 aromatic rings. The molecule has 0 saturated heterocycles. The lowest BCUT2D eigenvalue weighted by atomic mass is 9.54. The fourth-order valence-corrected chi connectivity index (χ4v) is 6.81. The van der Waals surface area contributed by atoms with Gasteiger partial charge in [-0.3, -0.25) is 4.79 Å². The second-order valence-electron chi connectivity index (χ2n) is 10.4. The lowest BCUT2D eigenvalue weighted by molar-refractivity contribution is -0.117. The Bertz CT molecular complexity index is 971. The Morgan fingerprint density at radius 3 is 2.85 bits per heavy atom. The smallest absolute Gasteiger partial charge is 0.247 e. The number of hydrogen-bond donors (Lipinski definition) is 2. The second kappa shape index (κ2) is 11.9. The van der Waals surface area contributed by atoms with Gasteiger partial charge < -0.3 is 10.7 Å². The summed E-state index contributed by atoms with van der Waals surface area (Å²) in [5.74, 6) is 1.75. The molecule has 0 heterocycles. The van der Waals surface area contributed by atoms with Crippen LogP contribution in [0.2, 0.25) is 0 Å². The summed E-state index contributed by atoms with van der Waals surface area (Å²) in [5.41, 5.74) is 9.54. The number of halogens is 1. The largest absolute Gasteiger partial charge is 0.352 e. The number of rotatable bonds is 9. The number of hydrazone groups is 1. The molecular formula is C28H40BrN3OS. The molecule has 0 bridgehead atoms. The monoisotopic (exact) mass is 545 g/mol. The van der Waals surface area contributed by atoms with Crippen molar-refractivity contribution in [3.8, 4) is 0 Å². The minimum atomic E-state index is -0.0285. The van der Waals surface area contributed by atoms with E-state index in [1.165, 1.54) is 57.9 Å². The molecule has 6 heteroatoms. The van der Waals surface area contributed by atoms with E-state index < -0.39 is 0 Å². The first-order valence-electron chi connectivity index (χ1n) is 12.5. The third-order valence-corrected chi connectivity index (χ3v) is 8.99. The first kappa shape index (κ1) is 27.1. The van der Waals surface area contributed by atoms with Crippen molar-refractivity contribution in [3.63, 3.8) is 0 Å². The first-order chi connectivity index (χ1) is 16.2. The highest BCUT2D eigenvalue weighted by molar-refractivity contribution is 9.10. The molecule has 0 aromatic heterocycles. The molecule has 4 nitrogen and oxygen atoms in total. The van der Waals surface area contributed by atoms with Crippen LogP contribution in [-0.2, 0) is 10.2 Å². The van der Waals surface area contributed by atoms with Crippen molar-refractivity contribution >= 4 is 39.3 Å². The average Bonchev–Trinajstić information content (AvgIpc) is 2.79. The van der Waals surface area contributed by atoms with Crippen molar-refractivity contribution in [1.82, 2.24) is 10.7 Å². The summed E-state index contributed by atoms with van der Waals surface area (Å²) in [4.78, 5) is 12.1. The summed E-state index contributed by atoms with van der Waals surface area (Å²) in [7, 11) is 0. The number of hydrogen-bond acceptors (Lipinski definition) is 4. The Kier molecular flexibility index (Phi) is 9.50. The highest BCUT2D eigenvalue weighted by Crippen LogP contribution is 2.53. The van der Waals surface area contributed by atoms with Gasteiger partial charge in [-0.1, -0.05) is 63.0 Å². The number of thioether (sulfide) groups is 1. The number of carbonyl (C=O) groups excluding carboxylic acids is 1. The van der Waals surface area contributed by atoms with Gasteiger partial charge in [0, 0.05) is 28.7 Å². The van der Waals surface area contributed by atoms with E-state index in [1.54, 1.807) is 5.41 Å². The number of fused-ring (bicyclic) bond motifs is 3. The molecule has 1 unspecified atom stereocenters. The molecule has 0 spiro atoms. The summed E-state index contributed by atoms with van der Waals surface area (Å²) in [6, 6.07) is 4.77. The van der Waals surface area contributed by atoms with Crippen molar-refractivity contribution < 1.29 is 4.79 Å². The van der Waals surface area contributed by atoms with Gasteiger partial charge in [-0.05, 0) is 83.4 Å². The van der Waals surface area contributed by atoms with Gasteiger partial charge in [-0.2, -0.15) is 5.10 Å². The van der Waals surface area contributed by atoms with E-state index >= 15 is 0 Å². The normalized spacial score (nSPS) is 25.6. The summed E-state index contributed by atoms with van der Waals surface area (Å²) in [5, 5.41) is 11.4. The van der Waals surface area contributed by atoms with E-state index in [4.69, 9.17) is 5.10 Å². The van der Waals surface area contributed by atoms with Crippen LogP contribution in [0.3, 0.4) is 0 Å². The molecule has 2 aliphatic carbocycles. The van der Waals surface area contributed by atoms with Crippen LogP contribution in [0.25, 0.3) is 0 Å². The molecule has 3 rings (SSSR count). The van der Waals surface area contributed by atoms with Gasteiger partial charge in [-0.25, -0.2) is 0 Å². The van der Waals surface area contributed by atoms with Crippen LogP contribution in [0.15, 0.2) is 44.7 Å². The molecule has 1 fully saturated rings. The lowest BCUT2D eigenvalue weighted by Gasteiger charge is -2.50. The van der Waals surface area contributed by atoms with Gasteiger partial charge in [0.1, 0.15) is 0 Å². The average molecular weight is 547 g/mol. The predicted octanol–water partition coefficient (Wildman–Crippen LogP) is 7.25. The van der Waals surface area contributed by atoms with E-state index in [1.807, 2.05) is 12.3 Å². The molecule has 3 atom stereocenters. The number of nitrogens with one attached hydrogen (secondary N) is 2. The first-order valence-corrected chi connectivity index (χ1v) is 14.3. The number of nitrogens with zero attached hydrogens (tertiary/aromatic N) is 1. The summed E-state index contributed by atoms with van der Waals surface area (Å²) < 4.78 is 1.22. The Labute approximate surface area is 218 Å². The number of amides is 1. The van der Waals surface area contributed by atoms with E-state index in [0.717, 1.165) is 19.4 Å². The zero-order chi connectivity index (χ0) is 24.9. The molecule has 1 aromatic carbocycles. The third kappa shape index (κ3) is 5.99. The number of carbonyl (C=O) groups is 1. The van der Waals surface area contributed by atoms with Crippen LogP contribution >= 0.6 is 27.7 Å². The van der Waals surface area contributed by atoms with Crippen LogP contribution in [0, 0.1) is 11.8 Å². The molecule has 34 heavy (non-hydrogen) atoms. The van der Waals surface area contributed by atoms with Crippen molar-refractivity contribution in [2.24, 2.45) is 16.9 Å². The van der Waals surface area contributed by atoms with E-state index in [2.05, 4.69) is 73.1 Å². The molecule has 186 valence electrons. The Morgan fingerprint density at radius 2 is 2.15 bits per heavy atom. The third-order valence-electron chi connectivity index (χ3n) is 7.62. The Hall–Kier alpha value is -1.53. The van der Waals surface area contributed by atoms with Crippen LogP contribution in [0.4, 0.5) is 0 Å². The van der Waals surface area contributed by atoms with Gasteiger partial charge in [0.15, 0.2) is 0 Å². The molecule has 1 saturated carbocycles.